The summed E-state index contributed by atoms with van der Waals surface area (Å²) >= 11 is 0. The predicted octanol–water partition coefficient (Wildman–Crippen LogP) is 4.89. The molecule has 2 heteroatoms. The van der Waals surface area contributed by atoms with Gasteiger partial charge in [0, 0.05) is 6.16 Å². The number of rotatable bonds is 0. The van der Waals surface area contributed by atoms with E-state index in [1.807, 2.05) is 6.66 Å². The van der Waals surface area contributed by atoms with Gasteiger partial charge in [-0.2, -0.15) is 0 Å². The van der Waals surface area contributed by atoms with Gasteiger partial charge >= 0.3 is 0 Å². The van der Waals surface area contributed by atoms with E-state index in [1.54, 1.807) is 0 Å². The van der Waals surface area contributed by atoms with E-state index in [-0.39, 0.29) is 0 Å². The SMILES string of the molecule is CP1(=O)CCC2=C1CCc1c2ccc2ccccc12. The van der Waals surface area contributed by atoms with Crippen LogP contribution in [0.3, 0.4) is 0 Å². The molecule has 0 aromatic heterocycles. The average molecular weight is 268 g/mol. The van der Waals surface area contributed by atoms with Crippen molar-refractivity contribution in [1.29, 1.82) is 0 Å². The Kier molecular flexibility index (Phi) is 2.32. The first kappa shape index (κ1) is 11.5. The average Bonchev–Trinajstić information content (AvgIpc) is 2.74. The molecule has 1 heterocycles. The van der Waals surface area contributed by atoms with E-state index in [9.17, 15) is 4.57 Å². The molecule has 0 radical (unpaired) electrons. The van der Waals surface area contributed by atoms with E-state index >= 15 is 0 Å². The summed E-state index contributed by atoms with van der Waals surface area (Å²) in [7, 11) is -2.01. The maximum Gasteiger partial charge on any atom is 0.109 e. The number of hydrogen-bond acceptors (Lipinski definition) is 1. The fraction of sp³-hybridized carbons (Fsp3) is 0.294. The van der Waals surface area contributed by atoms with Gasteiger partial charge in [0.15, 0.2) is 0 Å². The molecular weight excluding hydrogens is 251 g/mol. The Morgan fingerprint density at radius 1 is 1.00 bits per heavy atom. The second kappa shape index (κ2) is 3.84. The van der Waals surface area contributed by atoms with Crippen LogP contribution in [-0.2, 0) is 11.0 Å². The second-order valence-corrected chi connectivity index (χ2v) is 9.00. The molecule has 2 aliphatic rings. The normalized spacial score (nSPS) is 25.5. The summed E-state index contributed by atoms with van der Waals surface area (Å²) in [4.78, 5) is 0. The van der Waals surface area contributed by atoms with Crippen LogP contribution in [0.4, 0.5) is 0 Å². The molecule has 0 saturated heterocycles. The summed E-state index contributed by atoms with van der Waals surface area (Å²) in [5, 5.41) is 3.99. The molecular formula is C17H17OP. The molecule has 19 heavy (non-hydrogen) atoms. The molecule has 0 spiro atoms. The van der Waals surface area contributed by atoms with Crippen molar-refractivity contribution >= 4 is 23.5 Å². The molecule has 0 bridgehead atoms. The van der Waals surface area contributed by atoms with Crippen LogP contribution in [0.1, 0.15) is 24.0 Å². The second-order valence-electron chi connectivity index (χ2n) is 5.81. The van der Waals surface area contributed by atoms with Gasteiger partial charge in [0.2, 0.25) is 0 Å². The van der Waals surface area contributed by atoms with Gasteiger partial charge in [0.25, 0.3) is 0 Å². The number of fused-ring (bicyclic) bond motifs is 4. The summed E-state index contributed by atoms with van der Waals surface area (Å²) in [5.41, 5.74) is 4.25. The van der Waals surface area contributed by atoms with Crippen LogP contribution in [-0.4, -0.2) is 12.8 Å². The van der Waals surface area contributed by atoms with Gasteiger partial charge in [-0.25, -0.2) is 0 Å². The van der Waals surface area contributed by atoms with Gasteiger partial charge < -0.3 is 4.57 Å². The lowest BCUT2D eigenvalue weighted by molar-refractivity contribution is 0.583. The molecule has 1 nitrogen and oxygen atoms in total. The Bertz CT molecular complexity index is 770. The van der Waals surface area contributed by atoms with Gasteiger partial charge in [0.1, 0.15) is 7.14 Å². The Morgan fingerprint density at radius 2 is 1.84 bits per heavy atom. The Hall–Kier alpha value is -1.33. The quantitative estimate of drug-likeness (QED) is 0.621. The molecule has 2 aromatic carbocycles. The molecule has 0 N–H and O–H groups in total. The fourth-order valence-electron chi connectivity index (χ4n) is 3.70. The van der Waals surface area contributed by atoms with Crippen molar-refractivity contribution in [2.75, 3.05) is 12.8 Å². The van der Waals surface area contributed by atoms with Gasteiger partial charge in [-0.3, -0.25) is 0 Å². The van der Waals surface area contributed by atoms with Crippen molar-refractivity contribution in [3.63, 3.8) is 0 Å². The minimum atomic E-state index is -2.01. The van der Waals surface area contributed by atoms with E-state index in [0.29, 0.717) is 0 Å². The molecule has 0 fully saturated rings. The highest BCUT2D eigenvalue weighted by molar-refractivity contribution is 7.68. The smallest absolute Gasteiger partial charge is 0.109 e. The zero-order chi connectivity index (χ0) is 13.0. The molecule has 0 saturated carbocycles. The monoisotopic (exact) mass is 268 g/mol. The van der Waals surface area contributed by atoms with Crippen molar-refractivity contribution in [2.45, 2.75) is 19.3 Å². The molecule has 0 amide bonds. The van der Waals surface area contributed by atoms with Crippen LogP contribution in [0, 0.1) is 0 Å². The molecule has 1 atom stereocenters. The minimum absolute atomic E-state index is 0.879. The molecule has 1 aliphatic carbocycles. The highest BCUT2D eigenvalue weighted by Crippen LogP contribution is 2.63. The van der Waals surface area contributed by atoms with E-state index in [2.05, 4.69) is 36.4 Å². The summed E-state index contributed by atoms with van der Waals surface area (Å²) in [6, 6.07) is 13.1. The summed E-state index contributed by atoms with van der Waals surface area (Å²) in [5.74, 6) is 0. The lowest BCUT2D eigenvalue weighted by Gasteiger charge is -2.22. The largest absolute Gasteiger partial charge is 0.319 e. The first-order valence-electron chi connectivity index (χ1n) is 6.97. The third kappa shape index (κ3) is 1.58. The summed E-state index contributed by atoms with van der Waals surface area (Å²) < 4.78 is 12.6. The van der Waals surface area contributed by atoms with Crippen LogP contribution >= 0.6 is 7.14 Å². The molecule has 1 aliphatic heterocycles. The molecule has 2 aromatic rings. The first-order valence-corrected chi connectivity index (χ1v) is 9.31. The fourth-order valence-corrected chi connectivity index (χ4v) is 6.01. The van der Waals surface area contributed by atoms with Crippen LogP contribution in [0.25, 0.3) is 16.3 Å². The maximum atomic E-state index is 12.6. The van der Waals surface area contributed by atoms with E-state index < -0.39 is 7.14 Å². The third-order valence-corrected chi connectivity index (χ3v) is 7.40. The lowest BCUT2D eigenvalue weighted by Crippen LogP contribution is -2.02. The van der Waals surface area contributed by atoms with Crippen LogP contribution in [0.5, 0.6) is 0 Å². The molecule has 4 rings (SSSR count). The van der Waals surface area contributed by atoms with Crippen molar-refractivity contribution < 1.29 is 4.57 Å². The van der Waals surface area contributed by atoms with E-state index in [1.165, 1.54) is 32.8 Å². The number of allylic oxidation sites excluding steroid dienone is 2. The zero-order valence-corrected chi connectivity index (χ0v) is 12.0. The predicted molar refractivity (Wildman–Crippen MR) is 82.2 cm³/mol. The van der Waals surface area contributed by atoms with Crippen LogP contribution < -0.4 is 0 Å². The van der Waals surface area contributed by atoms with Crippen molar-refractivity contribution in [1.82, 2.24) is 0 Å². The third-order valence-electron chi connectivity index (χ3n) is 4.69. The number of aryl methyl sites for hydroxylation is 1. The van der Waals surface area contributed by atoms with Crippen molar-refractivity contribution in [3.8, 4) is 0 Å². The maximum absolute atomic E-state index is 12.6. The topological polar surface area (TPSA) is 17.1 Å². The standard InChI is InChI=1S/C17H17OP/c1-19(18)11-10-16-15-7-6-12-4-2-3-5-13(12)14(15)8-9-17(16)19/h2-7H,8-11H2,1H3. The highest BCUT2D eigenvalue weighted by atomic mass is 31.2. The van der Waals surface area contributed by atoms with Gasteiger partial charge in [-0.1, -0.05) is 36.4 Å². The number of hydrogen-bond donors (Lipinski definition) is 0. The Morgan fingerprint density at radius 3 is 2.74 bits per heavy atom. The first-order chi connectivity index (χ1) is 9.17. The zero-order valence-electron chi connectivity index (χ0n) is 11.1. The summed E-state index contributed by atoms with van der Waals surface area (Å²) in [6.07, 6.45) is 3.94. The Balaban J connectivity index is 2.03. The lowest BCUT2D eigenvalue weighted by atomic mass is 9.86. The van der Waals surface area contributed by atoms with Gasteiger partial charge in [-0.15, -0.1) is 0 Å². The molecule has 96 valence electrons. The Labute approximate surface area is 113 Å². The van der Waals surface area contributed by atoms with E-state index in [0.717, 1.165) is 25.4 Å². The summed E-state index contributed by atoms with van der Waals surface area (Å²) in [6.45, 7) is 1.97. The number of benzene rings is 2. The van der Waals surface area contributed by atoms with Gasteiger partial charge in [-0.05, 0) is 58.7 Å². The minimum Gasteiger partial charge on any atom is -0.319 e. The van der Waals surface area contributed by atoms with Crippen LogP contribution in [0.15, 0.2) is 41.7 Å². The van der Waals surface area contributed by atoms with Crippen molar-refractivity contribution in [2.24, 2.45) is 0 Å². The van der Waals surface area contributed by atoms with Crippen molar-refractivity contribution in [3.05, 3.63) is 52.8 Å². The highest BCUT2D eigenvalue weighted by Gasteiger charge is 2.35. The van der Waals surface area contributed by atoms with E-state index in [4.69, 9.17) is 0 Å². The van der Waals surface area contributed by atoms with Crippen LogP contribution in [0.2, 0.25) is 0 Å². The van der Waals surface area contributed by atoms with Gasteiger partial charge in [0.05, 0.1) is 0 Å². The molecule has 1 unspecified atom stereocenters.